The van der Waals surface area contributed by atoms with Crippen LogP contribution in [0.15, 0.2) is 47.4 Å². The van der Waals surface area contributed by atoms with Crippen LogP contribution in [0.2, 0.25) is 0 Å². The summed E-state index contributed by atoms with van der Waals surface area (Å²) in [5.41, 5.74) is 3.16. The first-order valence-corrected chi connectivity index (χ1v) is 13.0. The first-order chi connectivity index (χ1) is 15.4. The number of ether oxygens (including phenoxy) is 1. The van der Waals surface area contributed by atoms with E-state index in [-0.39, 0.29) is 29.5 Å². The molecule has 1 saturated carbocycles. The monoisotopic (exact) mass is 456 g/mol. The third kappa shape index (κ3) is 5.51. The summed E-state index contributed by atoms with van der Waals surface area (Å²) in [4.78, 5) is 12.7. The minimum Gasteiger partial charge on any atom is -0.484 e. The molecule has 0 heterocycles. The molecule has 2 aliphatic carbocycles. The van der Waals surface area contributed by atoms with Crippen LogP contribution >= 0.6 is 0 Å². The summed E-state index contributed by atoms with van der Waals surface area (Å²) >= 11 is 0. The van der Waals surface area contributed by atoms with Gasteiger partial charge in [0.25, 0.3) is 5.91 Å². The van der Waals surface area contributed by atoms with Gasteiger partial charge in [0.2, 0.25) is 10.0 Å². The van der Waals surface area contributed by atoms with E-state index in [1.807, 2.05) is 12.1 Å². The van der Waals surface area contributed by atoms with Gasteiger partial charge in [-0.2, -0.15) is 0 Å². The van der Waals surface area contributed by atoms with Crippen molar-refractivity contribution in [1.29, 1.82) is 0 Å². The van der Waals surface area contributed by atoms with E-state index >= 15 is 0 Å². The summed E-state index contributed by atoms with van der Waals surface area (Å²) in [6.07, 6.45) is 8.09. The van der Waals surface area contributed by atoms with Gasteiger partial charge in [0.15, 0.2) is 6.61 Å². The lowest BCUT2D eigenvalue weighted by molar-refractivity contribution is -0.124. The van der Waals surface area contributed by atoms with E-state index in [1.54, 1.807) is 25.1 Å². The molecule has 0 saturated heterocycles. The van der Waals surface area contributed by atoms with Crippen molar-refractivity contribution in [2.24, 2.45) is 0 Å². The summed E-state index contributed by atoms with van der Waals surface area (Å²) in [6.45, 7) is 1.69. The van der Waals surface area contributed by atoms with Crippen molar-refractivity contribution in [2.75, 3.05) is 6.61 Å². The van der Waals surface area contributed by atoms with Crippen LogP contribution in [-0.2, 0) is 21.2 Å². The molecule has 1 amide bonds. The quantitative estimate of drug-likeness (QED) is 0.655. The second kappa shape index (κ2) is 10.0. The molecule has 2 aromatic rings. The molecular formula is C25H32N2O4S. The van der Waals surface area contributed by atoms with Gasteiger partial charge < -0.3 is 10.1 Å². The fourth-order valence-corrected chi connectivity index (χ4v) is 6.13. The van der Waals surface area contributed by atoms with Gasteiger partial charge in [-0.05, 0) is 73.9 Å². The summed E-state index contributed by atoms with van der Waals surface area (Å²) in [6, 6.07) is 13.0. The highest BCUT2D eigenvalue weighted by Crippen LogP contribution is 2.29. The van der Waals surface area contributed by atoms with Gasteiger partial charge in [0.1, 0.15) is 5.75 Å². The predicted molar refractivity (Wildman–Crippen MR) is 124 cm³/mol. The van der Waals surface area contributed by atoms with Crippen molar-refractivity contribution < 1.29 is 17.9 Å². The maximum absolute atomic E-state index is 12.7. The summed E-state index contributed by atoms with van der Waals surface area (Å²) in [5.74, 6) is 0.336. The number of aryl methyl sites for hydroxylation is 2. The molecule has 0 bridgehead atoms. The number of nitrogens with one attached hydrogen (secondary N) is 2. The Bertz CT molecular complexity index is 1060. The van der Waals surface area contributed by atoms with Crippen LogP contribution in [0.5, 0.6) is 5.75 Å². The number of carbonyl (C=O) groups is 1. The van der Waals surface area contributed by atoms with Crippen molar-refractivity contribution in [3.63, 3.8) is 0 Å². The largest absolute Gasteiger partial charge is 0.484 e. The molecule has 4 rings (SSSR count). The molecule has 32 heavy (non-hydrogen) atoms. The maximum atomic E-state index is 12.7. The first-order valence-electron chi connectivity index (χ1n) is 11.6. The summed E-state index contributed by atoms with van der Waals surface area (Å²) in [5, 5.41) is 3.08. The molecule has 0 radical (unpaired) electrons. The molecular weight excluding hydrogens is 424 g/mol. The number of hydrogen-bond donors (Lipinski definition) is 2. The number of hydrogen-bond acceptors (Lipinski definition) is 4. The average Bonchev–Trinajstić information content (AvgIpc) is 2.79. The van der Waals surface area contributed by atoms with Gasteiger partial charge in [-0.1, -0.05) is 43.5 Å². The van der Waals surface area contributed by atoms with Gasteiger partial charge >= 0.3 is 0 Å². The molecule has 2 aliphatic rings. The van der Waals surface area contributed by atoms with Crippen LogP contribution in [0.1, 0.15) is 67.7 Å². The Morgan fingerprint density at radius 2 is 1.81 bits per heavy atom. The van der Waals surface area contributed by atoms with Crippen LogP contribution in [0.3, 0.4) is 0 Å². The normalized spacial score (nSPS) is 19.2. The number of rotatable bonds is 7. The number of amides is 1. The Morgan fingerprint density at radius 3 is 2.59 bits per heavy atom. The average molecular weight is 457 g/mol. The van der Waals surface area contributed by atoms with Crippen LogP contribution < -0.4 is 14.8 Å². The Hall–Kier alpha value is -2.38. The van der Waals surface area contributed by atoms with E-state index in [0.717, 1.165) is 44.9 Å². The predicted octanol–water partition coefficient (Wildman–Crippen LogP) is 4.18. The van der Waals surface area contributed by atoms with Gasteiger partial charge in [-0.3, -0.25) is 4.79 Å². The Morgan fingerprint density at radius 1 is 1.03 bits per heavy atom. The molecule has 6 nitrogen and oxygen atoms in total. The van der Waals surface area contributed by atoms with Crippen molar-refractivity contribution in [3.05, 3.63) is 59.2 Å². The number of carbonyl (C=O) groups excluding carboxylic acids is 1. The zero-order valence-electron chi connectivity index (χ0n) is 18.6. The zero-order valence-corrected chi connectivity index (χ0v) is 19.4. The lowest BCUT2D eigenvalue weighted by Crippen LogP contribution is -2.36. The second-order valence-corrected chi connectivity index (χ2v) is 10.6. The minimum atomic E-state index is -3.56. The van der Waals surface area contributed by atoms with Crippen molar-refractivity contribution in [3.8, 4) is 5.75 Å². The van der Waals surface area contributed by atoms with Crippen LogP contribution in [-0.4, -0.2) is 27.0 Å². The summed E-state index contributed by atoms with van der Waals surface area (Å²) < 4.78 is 34.0. The second-order valence-electron chi connectivity index (χ2n) is 8.88. The molecule has 0 spiro atoms. The molecule has 7 heteroatoms. The molecule has 2 N–H and O–H groups in total. The van der Waals surface area contributed by atoms with Gasteiger partial charge in [-0.25, -0.2) is 13.1 Å². The highest BCUT2D eigenvalue weighted by Gasteiger charge is 2.23. The van der Waals surface area contributed by atoms with Crippen molar-refractivity contribution in [1.82, 2.24) is 10.0 Å². The van der Waals surface area contributed by atoms with E-state index in [2.05, 4.69) is 22.2 Å². The molecule has 2 aromatic carbocycles. The van der Waals surface area contributed by atoms with E-state index in [0.29, 0.717) is 11.3 Å². The molecule has 0 aromatic heterocycles. The molecule has 1 unspecified atom stereocenters. The highest BCUT2D eigenvalue weighted by molar-refractivity contribution is 7.89. The Labute approximate surface area is 190 Å². The van der Waals surface area contributed by atoms with Gasteiger partial charge in [0.05, 0.1) is 10.9 Å². The van der Waals surface area contributed by atoms with Crippen LogP contribution in [0, 0.1) is 6.92 Å². The molecule has 1 fully saturated rings. The Balaban J connectivity index is 1.34. The smallest absolute Gasteiger partial charge is 0.258 e. The molecule has 1 atom stereocenters. The lowest BCUT2D eigenvalue weighted by Gasteiger charge is -2.26. The third-order valence-electron chi connectivity index (χ3n) is 6.45. The standard InChI is InChI=1S/C25H32N2O4S/c1-18-16-21(32(29,30)27-20-10-3-2-4-11-20)14-15-24(18)31-17-25(28)26-23-13-7-9-19-8-5-6-12-22(19)23/h5-6,8,12,14-16,20,23,27H,2-4,7,9-11,13,17H2,1H3,(H,26,28). The van der Waals surface area contributed by atoms with Crippen molar-refractivity contribution >= 4 is 15.9 Å². The lowest BCUT2D eigenvalue weighted by atomic mass is 9.88. The van der Waals surface area contributed by atoms with E-state index in [1.165, 1.54) is 17.5 Å². The van der Waals surface area contributed by atoms with Crippen LogP contribution in [0.25, 0.3) is 0 Å². The third-order valence-corrected chi connectivity index (χ3v) is 7.97. The minimum absolute atomic E-state index is 0.00975. The topological polar surface area (TPSA) is 84.5 Å². The molecule has 172 valence electrons. The van der Waals surface area contributed by atoms with Gasteiger partial charge in [0, 0.05) is 6.04 Å². The van der Waals surface area contributed by atoms with Crippen molar-refractivity contribution in [2.45, 2.75) is 75.3 Å². The number of fused-ring (bicyclic) bond motifs is 1. The SMILES string of the molecule is Cc1cc(S(=O)(=O)NC2CCCCC2)ccc1OCC(=O)NC1CCCc2ccccc21. The number of benzene rings is 2. The van der Waals surface area contributed by atoms with E-state index in [4.69, 9.17) is 4.74 Å². The highest BCUT2D eigenvalue weighted by atomic mass is 32.2. The maximum Gasteiger partial charge on any atom is 0.258 e. The molecule has 0 aliphatic heterocycles. The van der Waals surface area contributed by atoms with E-state index in [9.17, 15) is 13.2 Å². The van der Waals surface area contributed by atoms with Crippen LogP contribution in [0.4, 0.5) is 0 Å². The fourth-order valence-electron chi connectivity index (χ4n) is 4.74. The zero-order chi connectivity index (χ0) is 22.6. The Kier molecular flexibility index (Phi) is 7.16. The fraction of sp³-hybridized carbons (Fsp3) is 0.480. The first kappa shape index (κ1) is 22.8. The van der Waals surface area contributed by atoms with Gasteiger partial charge in [-0.15, -0.1) is 0 Å². The summed E-state index contributed by atoms with van der Waals surface area (Å²) in [7, 11) is -3.56. The number of sulfonamides is 1. The van der Waals surface area contributed by atoms with E-state index < -0.39 is 10.0 Å².